The molecule has 1 aromatic heterocycles. The van der Waals surface area contributed by atoms with Crippen LogP contribution in [0.5, 0.6) is 0 Å². The lowest BCUT2D eigenvalue weighted by molar-refractivity contribution is 0.214. The van der Waals surface area contributed by atoms with Gasteiger partial charge in [0.2, 0.25) is 10.0 Å². The lowest BCUT2D eigenvalue weighted by Gasteiger charge is -2.20. The number of nitrogens with one attached hydrogen (secondary N) is 1. The molecule has 0 unspecified atom stereocenters. The van der Waals surface area contributed by atoms with Gasteiger partial charge in [0, 0.05) is 31.6 Å². The van der Waals surface area contributed by atoms with E-state index in [0.29, 0.717) is 37.7 Å². The number of carbonyl (C=O) groups is 1. The number of thiazole rings is 1. The van der Waals surface area contributed by atoms with E-state index in [1.807, 2.05) is 12.3 Å². The number of hydrogen-bond donors (Lipinski definition) is 1. The molecule has 7 nitrogen and oxygen atoms in total. The summed E-state index contributed by atoms with van der Waals surface area (Å²) in [4.78, 5) is 17.9. The summed E-state index contributed by atoms with van der Waals surface area (Å²) in [7, 11) is -3.19. The van der Waals surface area contributed by atoms with Gasteiger partial charge in [-0.25, -0.2) is 22.5 Å². The quantitative estimate of drug-likeness (QED) is 0.880. The fraction of sp³-hybridized carbons (Fsp3) is 0.636. The van der Waals surface area contributed by atoms with E-state index in [4.69, 9.17) is 0 Å². The van der Waals surface area contributed by atoms with Gasteiger partial charge >= 0.3 is 6.03 Å². The highest BCUT2D eigenvalue weighted by atomic mass is 32.2. The predicted molar refractivity (Wildman–Crippen MR) is 78.5 cm³/mol. The molecule has 0 saturated carbocycles. The minimum absolute atomic E-state index is 0.227. The van der Waals surface area contributed by atoms with Gasteiger partial charge in [0.1, 0.15) is 0 Å². The molecule has 112 valence electrons. The Morgan fingerprint density at radius 1 is 1.35 bits per heavy atom. The van der Waals surface area contributed by atoms with E-state index >= 15 is 0 Å². The normalized spacial score (nSPS) is 17.8. The summed E-state index contributed by atoms with van der Waals surface area (Å²) in [5.74, 6) is 0. The Hall–Kier alpha value is -1.19. The molecule has 0 aromatic carbocycles. The number of hydrogen-bond acceptors (Lipinski definition) is 5. The second-order valence-corrected chi connectivity index (χ2v) is 7.57. The van der Waals surface area contributed by atoms with Gasteiger partial charge in [-0.3, -0.25) is 5.32 Å². The standard InChI is InChI=1S/C11H18N4O3S2/c1-9-8-19-10(12-9)13-11(16)14-4-3-5-15(7-6-14)20(2,17)18/h8H,3-7H2,1-2H3,(H,12,13,16). The Morgan fingerprint density at radius 3 is 2.70 bits per heavy atom. The van der Waals surface area contributed by atoms with Gasteiger partial charge in [-0.05, 0) is 13.3 Å². The lowest BCUT2D eigenvalue weighted by Crippen LogP contribution is -2.39. The van der Waals surface area contributed by atoms with Gasteiger partial charge in [-0.2, -0.15) is 0 Å². The molecular weight excluding hydrogens is 300 g/mol. The maximum atomic E-state index is 12.1. The zero-order valence-corrected chi connectivity index (χ0v) is 13.1. The number of aromatic nitrogens is 1. The molecule has 2 amide bonds. The molecule has 1 saturated heterocycles. The fourth-order valence-electron chi connectivity index (χ4n) is 2.01. The van der Waals surface area contributed by atoms with Crippen molar-refractivity contribution in [2.45, 2.75) is 13.3 Å². The number of nitrogens with zero attached hydrogens (tertiary/aromatic N) is 3. The Kier molecular flexibility index (Phi) is 4.61. The average molecular weight is 318 g/mol. The third kappa shape index (κ3) is 3.90. The van der Waals surface area contributed by atoms with Crippen LogP contribution in [0.2, 0.25) is 0 Å². The molecule has 0 spiro atoms. The van der Waals surface area contributed by atoms with E-state index in [2.05, 4.69) is 10.3 Å². The summed E-state index contributed by atoms with van der Waals surface area (Å²) in [6.07, 6.45) is 1.83. The van der Waals surface area contributed by atoms with Crippen molar-refractivity contribution in [1.82, 2.24) is 14.2 Å². The molecule has 0 aliphatic carbocycles. The van der Waals surface area contributed by atoms with Gasteiger partial charge in [-0.15, -0.1) is 11.3 Å². The maximum Gasteiger partial charge on any atom is 0.323 e. The zero-order valence-electron chi connectivity index (χ0n) is 11.5. The zero-order chi connectivity index (χ0) is 14.8. The van der Waals surface area contributed by atoms with Crippen molar-refractivity contribution in [1.29, 1.82) is 0 Å². The average Bonchev–Trinajstić information content (AvgIpc) is 2.64. The van der Waals surface area contributed by atoms with Crippen molar-refractivity contribution in [3.63, 3.8) is 0 Å². The van der Waals surface area contributed by atoms with E-state index in [1.54, 1.807) is 4.90 Å². The summed E-state index contributed by atoms with van der Waals surface area (Å²) in [5.41, 5.74) is 0.865. The maximum absolute atomic E-state index is 12.1. The van der Waals surface area contributed by atoms with Gasteiger partial charge < -0.3 is 4.90 Å². The molecule has 1 aliphatic heterocycles. The third-order valence-electron chi connectivity index (χ3n) is 3.04. The van der Waals surface area contributed by atoms with Crippen LogP contribution in [0.1, 0.15) is 12.1 Å². The highest BCUT2D eigenvalue weighted by molar-refractivity contribution is 7.88. The van der Waals surface area contributed by atoms with Crippen LogP contribution in [0, 0.1) is 6.92 Å². The van der Waals surface area contributed by atoms with Crippen LogP contribution in [0.25, 0.3) is 0 Å². The largest absolute Gasteiger partial charge is 0.323 e. The summed E-state index contributed by atoms with van der Waals surface area (Å²) in [6, 6.07) is -0.227. The second kappa shape index (κ2) is 6.06. The molecule has 1 N–H and O–H groups in total. The van der Waals surface area contributed by atoms with Gasteiger partial charge in [0.25, 0.3) is 0 Å². The Morgan fingerprint density at radius 2 is 2.10 bits per heavy atom. The first-order valence-electron chi connectivity index (χ1n) is 6.29. The molecule has 0 bridgehead atoms. The molecule has 2 rings (SSSR count). The van der Waals surface area contributed by atoms with E-state index < -0.39 is 10.0 Å². The topological polar surface area (TPSA) is 82.6 Å². The van der Waals surface area contributed by atoms with Crippen molar-refractivity contribution in [2.24, 2.45) is 0 Å². The number of sulfonamides is 1. The second-order valence-electron chi connectivity index (χ2n) is 4.73. The number of rotatable bonds is 2. The predicted octanol–water partition coefficient (Wildman–Crippen LogP) is 0.951. The summed E-state index contributed by atoms with van der Waals surface area (Å²) < 4.78 is 24.4. The monoisotopic (exact) mass is 318 g/mol. The Bertz CT molecular complexity index is 584. The Labute approximate surface area is 122 Å². The highest BCUT2D eigenvalue weighted by Crippen LogP contribution is 2.15. The van der Waals surface area contributed by atoms with Crippen LogP contribution in [0.4, 0.5) is 9.93 Å². The van der Waals surface area contributed by atoms with Crippen LogP contribution in [-0.2, 0) is 10.0 Å². The van der Waals surface area contributed by atoms with E-state index in [9.17, 15) is 13.2 Å². The van der Waals surface area contributed by atoms with Crippen molar-refractivity contribution in [2.75, 3.05) is 37.8 Å². The van der Waals surface area contributed by atoms with Crippen molar-refractivity contribution in [3.8, 4) is 0 Å². The van der Waals surface area contributed by atoms with E-state index in [-0.39, 0.29) is 6.03 Å². The smallest absolute Gasteiger partial charge is 0.323 e. The molecule has 0 atom stereocenters. The minimum atomic E-state index is -3.19. The van der Waals surface area contributed by atoms with Crippen molar-refractivity contribution >= 4 is 32.5 Å². The highest BCUT2D eigenvalue weighted by Gasteiger charge is 2.24. The van der Waals surface area contributed by atoms with Gasteiger partial charge in [0.15, 0.2) is 5.13 Å². The molecule has 9 heteroatoms. The van der Waals surface area contributed by atoms with Gasteiger partial charge in [0.05, 0.1) is 11.9 Å². The molecular formula is C11H18N4O3S2. The third-order valence-corrected chi connectivity index (χ3v) is 5.22. The SMILES string of the molecule is Cc1csc(NC(=O)N2CCCN(S(C)(=O)=O)CC2)n1. The number of urea groups is 1. The number of aryl methyl sites for hydroxylation is 1. The van der Waals surface area contributed by atoms with Crippen LogP contribution in [0.15, 0.2) is 5.38 Å². The van der Waals surface area contributed by atoms with E-state index in [0.717, 1.165) is 5.69 Å². The summed E-state index contributed by atoms with van der Waals surface area (Å²) in [5, 5.41) is 5.17. The minimum Gasteiger partial charge on any atom is -0.323 e. The molecule has 1 aliphatic rings. The number of anilines is 1. The number of carbonyl (C=O) groups excluding carboxylic acids is 1. The van der Waals surface area contributed by atoms with Crippen molar-refractivity contribution < 1.29 is 13.2 Å². The van der Waals surface area contributed by atoms with Crippen LogP contribution < -0.4 is 5.32 Å². The van der Waals surface area contributed by atoms with Crippen LogP contribution >= 0.6 is 11.3 Å². The molecule has 1 fully saturated rings. The van der Waals surface area contributed by atoms with Crippen molar-refractivity contribution in [3.05, 3.63) is 11.1 Å². The number of amides is 2. The van der Waals surface area contributed by atoms with Crippen LogP contribution in [-0.4, -0.2) is 61.1 Å². The molecule has 0 radical (unpaired) electrons. The first kappa shape index (κ1) is 15.2. The van der Waals surface area contributed by atoms with E-state index in [1.165, 1.54) is 21.9 Å². The molecule has 20 heavy (non-hydrogen) atoms. The fourth-order valence-corrected chi connectivity index (χ4v) is 3.56. The first-order chi connectivity index (χ1) is 9.36. The molecule has 2 heterocycles. The Balaban J connectivity index is 1.95. The summed E-state index contributed by atoms with van der Waals surface area (Å²) in [6.45, 7) is 3.59. The van der Waals surface area contributed by atoms with Crippen LogP contribution in [0.3, 0.4) is 0 Å². The molecule has 1 aromatic rings. The lowest BCUT2D eigenvalue weighted by atomic mass is 10.4. The first-order valence-corrected chi connectivity index (χ1v) is 9.02. The summed E-state index contributed by atoms with van der Waals surface area (Å²) >= 11 is 1.38. The van der Waals surface area contributed by atoms with Gasteiger partial charge in [-0.1, -0.05) is 0 Å².